The van der Waals surface area contributed by atoms with Crippen molar-refractivity contribution >= 4 is 12.2 Å². The van der Waals surface area contributed by atoms with Crippen LogP contribution in [0.5, 0.6) is 5.75 Å². The van der Waals surface area contributed by atoms with Gasteiger partial charge in [-0.25, -0.2) is 0 Å². The van der Waals surface area contributed by atoms with E-state index >= 15 is 0 Å². The molecule has 5 heteroatoms. The molecule has 0 saturated heterocycles. The third-order valence-corrected chi connectivity index (χ3v) is 2.12. The van der Waals surface area contributed by atoms with Crippen molar-refractivity contribution in [3.63, 3.8) is 0 Å². The Morgan fingerprint density at radius 3 is 2.87 bits per heavy atom. The molecule has 0 unspecified atom stereocenters. The number of ether oxygens (including phenoxy) is 1. The molecule has 0 spiro atoms. The topological polar surface area (TPSA) is 82.3 Å². The van der Waals surface area contributed by atoms with Gasteiger partial charge in [-0.05, 0) is 18.9 Å². The lowest BCUT2D eigenvalue weighted by molar-refractivity contribution is 0.0987. The summed E-state index contributed by atoms with van der Waals surface area (Å²) in [7, 11) is 0. The van der Waals surface area contributed by atoms with E-state index < -0.39 is 5.91 Å². The molecule has 1 amide bonds. The van der Waals surface area contributed by atoms with Gasteiger partial charge in [0.25, 0.3) is 5.91 Å². The summed E-state index contributed by atoms with van der Waals surface area (Å²) in [6.07, 6.45) is 4.01. The molecule has 0 aromatic carbocycles. The van der Waals surface area contributed by atoms with Crippen molar-refractivity contribution < 1.29 is 14.3 Å². The summed E-state index contributed by atoms with van der Waals surface area (Å²) >= 11 is 0. The van der Waals surface area contributed by atoms with Crippen LogP contribution in [-0.4, -0.2) is 23.3 Å². The number of aldehydes is 1. The summed E-state index contributed by atoms with van der Waals surface area (Å²) < 4.78 is 5.46. The average Bonchev–Trinajstić information content (AvgIpc) is 3.01. The van der Waals surface area contributed by atoms with Crippen LogP contribution in [0.25, 0.3) is 0 Å². The van der Waals surface area contributed by atoms with Crippen LogP contribution < -0.4 is 10.5 Å². The highest BCUT2D eigenvalue weighted by Gasteiger charge is 2.26. The second-order valence-corrected chi connectivity index (χ2v) is 3.37. The number of nitrogens with zero attached hydrogens (tertiary/aromatic N) is 1. The third kappa shape index (κ3) is 1.96. The molecule has 0 bridgehead atoms. The standard InChI is InChI=1S/C10H10N2O3/c11-10(14)9-7(5-13)12-4-3-8(9)15-6-1-2-6/h3-6H,1-2H2,(H2,11,14). The van der Waals surface area contributed by atoms with Crippen LogP contribution >= 0.6 is 0 Å². The summed E-state index contributed by atoms with van der Waals surface area (Å²) in [5, 5.41) is 0. The lowest BCUT2D eigenvalue weighted by atomic mass is 10.1. The van der Waals surface area contributed by atoms with Crippen molar-refractivity contribution in [2.24, 2.45) is 5.73 Å². The van der Waals surface area contributed by atoms with Gasteiger partial charge >= 0.3 is 0 Å². The number of hydrogen-bond acceptors (Lipinski definition) is 4. The van der Waals surface area contributed by atoms with E-state index in [0.29, 0.717) is 12.0 Å². The Morgan fingerprint density at radius 2 is 2.33 bits per heavy atom. The highest BCUT2D eigenvalue weighted by Crippen LogP contribution is 2.29. The first-order valence-corrected chi connectivity index (χ1v) is 4.63. The van der Waals surface area contributed by atoms with Crippen molar-refractivity contribution in [1.29, 1.82) is 0 Å². The third-order valence-electron chi connectivity index (χ3n) is 2.12. The molecule has 0 radical (unpaired) electrons. The summed E-state index contributed by atoms with van der Waals surface area (Å²) in [4.78, 5) is 25.6. The Kier molecular flexibility index (Phi) is 2.37. The largest absolute Gasteiger partial charge is 0.489 e. The fourth-order valence-electron chi connectivity index (χ4n) is 1.26. The summed E-state index contributed by atoms with van der Waals surface area (Å²) in [5.41, 5.74) is 5.27. The van der Waals surface area contributed by atoms with Crippen molar-refractivity contribution in [1.82, 2.24) is 4.98 Å². The first kappa shape index (κ1) is 9.64. The van der Waals surface area contributed by atoms with Crippen LogP contribution in [0.4, 0.5) is 0 Å². The number of nitrogens with two attached hydrogens (primary N) is 1. The minimum atomic E-state index is -0.694. The fourth-order valence-corrected chi connectivity index (χ4v) is 1.26. The predicted molar refractivity (Wildman–Crippen MR) is 51.8 cm³/mol. The summed E-state index contributed by atoms with van der Waals surface area (Å²) in [5.74, 6) is -0.344. The highest BCUT2D eigenvalue weighted by molar-refractivity contribution is 6.01. The summed E-state index contributed by atoms with van der Waals surface area (Å²) in [6, 6.07) is 1.55. The number of pyridine rings is 1. The SMILES string of the molecule is NC(=O)c1c(OC2CC2)ccnc1C=O. The van der Waals surface area contributed by atoms with Gasteiger partial charge in [-0.15, -0.1) is 0 Å². The van der Waals surface area contributed by atoms with Crippen molar-refractivity contribution in [2.75, 3.05) is 0 Å². The van der Waals surface area contributed by atoms with Crippen LogP contribution in [0.15, 0.2) is 12.3 Å². The van der Waals surface area contributed by atoms with Gasteiger partial charge in [-0.3, -0.25) is 14.6 Å². The molecule has 1 saturated carbocycles. The molecule has 0 atom stereocenters. The van der Waals surface area contributed by atoms with Crippen molar-refractivity contribution in [3.8, 4) is 5.75 Å². The van der Waals surface area contributed by atoms with Gasteiger partial charge in [-0.1, -0.05) is 0 Å². The van der Waals surface area contributed by atoms with E-state index in [1.165, 1.54) is 6.20 Å². The van der Waals surface area contributed by atoms with E-state index in [-0.39, 0.29) is 17.4 Å². The number of amides is 1. The number of rotatable bonds is 4. The Morgan fingerprint density at radius 1 is 1.60 bits per heavy atom. The molecule has 1 aromatic heterocycles. The van der Waals surface area contributed by atoms with Gasteiger partial charge in [0.2, 0.25) is 0 Å². The number of primary amides is 1. The van der Waals surface area contributed by atoms with E-state index in [1.807, 2.05) is 0 Å². The van der Waals surface area contributed by atoms with Gasteiger partial charge in [0.1, 0.15) is 17.0 Å². The quantitative estimate of drug-likeness (QED) is 0.728. The highest BCUT2D eigenvalue weighted by atomic mass is 16.5. The molecule has 1 heterocycles. The second-order valence-electron chi connectivity index (χ2n) is 3.37. The van der Waals surface area contributed by atoms with Crippen molar-refractivity contribution in [3.05, 3.63) is 23.5 Å². The van der Waals surface area contributed by atoms with Crippen LogP contribution in [0.3, 0.4) is 0 Å². The lowest BCUT2D eigenvalue weighted by Gasteiger charge is -2.08. The molecule has 1 aliphatic carbocycles. The Balaban J connectivity index is 2.41. The maximum absolute atomic E-state index is 11.1. The second kappa shape index (κ2) is 3.68. The maximum atomic E-state index is 11.1. The normalized spacial score (nSPS) is 14.7. The molecule has 2 rings (SSSR count). The molecular weight excluding hydrogens is 196 g/mol. The Bertz CT molecular complexity index is 413. The van der Waals surface area contributed by atoms with Crippen molar-refractivity contribution in [2.45, 2.75) is 18.9 Å². The molecule has 0 aliphatic heterocycles. The van der Waals surface area contributed by atoms with Gasteiger partial charge in [0, 0.05) is 6.20 Å². The predicted octanol–water partition coefficient (Wildman–Crippen LogP) is 0.534. The van der Waals surface area contributed by atoms with Crippen LogP contribution in [0, 0.1) is 0 Å². The minimum absolute atomic E-state index is 0.0284. The Hall–Kier alpha value is -1.91. The van der Waals surface area contributed by atoms with Crippen LogP contribution in [0.1, 0.15) is 33.7 Å². The molecule has 1 aromatic rings. The number of hydrogen-bond donors (Lipinski definition) is 1. The molecule has 2 N–H and O–H groups in total. The van der Waals surface area contributed by atoms with Gasteiger partial charge < -0.3 is 10.5 Å². The van der Waals surface area contributed by atoms with Gasteiger partial charge in [-0.2, -0.15) is 0 Å². The zero-order chi connectivity index (χ0) is 10.8. The van der Waals surface area contributed by atoms with E-state index in [1.54, 1.807) is 6.07 Å². The van der Waals surface area contributed by atoms with E-state index in [4.69, 9.17) is 10.5 Å². The maximum Gasteiger partial charge on any atom is 0.254 e. The summed E-state index contributed by atoms with van der Waals surface area (Å²) in [6.45, 7) is 0. The van der Waals surface area contributed by atoms with Gasteiger partial charge in [0.15, 0.2) is 6.29 Å². The molecule has 15 heavy (non-hydrogen) atoms. The van der Waals surface area contributed by atoms with E-state index in [0.717, 1.165) is 12.8 Å². The Labute approximate surface area is 86.2 Å². The molecule has 1 aliphatic rings. The minimum Gasteiger partial charge on any atom is -0.489 e. The first-order chi connectivity index (χ1) is 7.22. The first-order valence-electron chi connectivity index (χ1n) is 4.63. The smallest absolute Gasteiger partial charge is 0.254 e. The van der Waals surface area contributed by atoms with E-state index in [9.17, 15) is 9.59 Å². The van der Waals surface area contributed by atoms with E-state index in [2.05, 4.69) is 4.98 Å². The zero-order valence-corrected chi connectivity index (χ0v) is 7.97. The molecular formula is C10H10N2O3. The molecule has 5 nitrogen and oxygen atoms in total. The van der Waals surface area contributed by atoms with Crippen LogP contribution in [0.2, 0.25) is 0 Å². The molecule has 78 valence electrons. The number of carbonyl (C=O) groups excluding carboxylic acids is 2. The zero-order valence-electron chi connectivity index (χ0n) is 7.97. The number of aromatic nitrogens is 1. The van der Waals surface area contributed by atoms with Crippen LogP contribution in [-0.2, 0) is 0 Å². The average molecular weight is 206 g/mol. The number of carbonyl (C=O) groups is 2. The fraction of sp³-hybridized carbons (Fsp3) is 0.300. The lowest BCUT2D eigenvalue weighted by Crippen LogP contribution is -2.17. The molecule has 1 fully saturated rings. The monoisotopic (exact) mass is 206 g/mol. The van der Waals surface area contributed by atoms with Gasteiger partial charge in [0.05, 0.1) is 6.10 Å².